The van der Waals surface area contributed by atoms with E-state index in [0.717, 1.165) is 30.8 Å². The zero-order valence-electron chi connectivity index (χ0n) is 12.0. The summed E-state index contributed by atoms with van der Waals surface area (Å²) in [7, 11) is 1.70. The lowest BCUT2D eigenvalue weighted by Crippen LogP contribution is -2.42. The van der Waals surface area contributed by atoms with E-state index in [9.17, 15) is 0 Å². The van der Waals surface area contributed by atoms with Gasteiger partial charge < -0.3 is 14.8 Å². The Labute approximate surface area is 110 Å². The molecule has 0 amide bonds. The summed E-state index contributed by atoms with van der Waals surface area (Å²) in [5, 5.41) is 3.35. The first-order valence-corrected chi connectivity index (χ1v) is 6.61. The van der Waals surface area contributed by atoms with Crippen LogP contribution in [-0.2, 0) is 11.3 Å². The minimum absolute atomic E-state index is 0.165. The molecule has 1 unspecified atom stereocenters. The van der Waals surface area contributed by atoms with Crippen LogP contribution in [0.15, 0.2) is 24.3 Å². The monoisotopic (exact) mass is 251 g/mol. The van der Waals surface area contributed by atoms with Gasteiger partial charge in [0.2, 0.25) is 0 Å². The summed E-state index contributed by atoms with van der Waals surface area (Å²) < 4.78 is 11.3. The number of methoxy groups -OCH3 is 1. The lowest BCUT2D eigenvalue weighted by Gasteiger charge is -2.30. The first kappa shape index (κ1) is 15.0. The molecule has 0 aliphatic rings. The first-order valence-electron chi connectivity index (χ1n) is 6.61. The summed E-state index contributed by atoms with van der Waals surface area (Å²) in [5.41, 5.74) is 0.971. The molecule has 1 atom stereocenters. The van der Waals surface area contributed by atoms with Gasteiger partial charge in [0.25, 0.3) is 0 Å². The minimum atomic E-state index is -0.165. The summed E-state index contributed by atoms with van der Waals surface area (Å²) >= 11 is 0. The molecule has 0 saturated carbocycles. The third-order valence-electron chi connectivity index (χ3n) is 3.07. The third-order valence-corrected chi connectivity index (χ3v) is 3.07. The van der Waals surface area contributed by atoms with Gasteiger partial charge in [-0.2, -0.15) is 0 Å². The fourth-order valence-electron chi connectivity index (χ4n) is 1.77. The number of hydrogen-bond donors (Lipinski definition) is 1. The van der Waals surface area contributed by atoms with E-state index < -0.39 is 0 Å². The Bertz CT molecular complexity index is 354. The van der Waals surface area contributed by atoms with E-state index in [2.05, 4.69) is 26.1 Å². The van der Waals surface area contributed by atoms with Crippen LogP contribution in [0.3, 0.4) is 0 Å². The van der Waals surface area contributed by atoms with Gasteiger partial charge in [0.1, 0.15) is 11.4 Å². The van der Waals surface area contributed by atoms with E-state index in [0.29, 0.717) is 6.61 Å². The van der Waals surface area contributed by atoms with Gasteiger partial charge in [0.15, 0.2) is 0 Å². The lowest BCUT2D eigenvalue weighted by molar-refractivity contribution is 0.0838. The molecular weight excluding hydrogens is 226 g/mol. The Hall–Kier alpha value is -1.06. The van der Waals surface area contributed by atoms with E-state index in [1.807, 2.05) is 24.3 Å². The summed E-state index contributed by atoms with van der Waals surface area (Å²) in [6, 6.07) is 8.10. The predicted molar refractivity (Wildman–Crippen MR) is 75.0 cm³/mol. The fourth-order valence-corrected chi connectivity index (χ4v) is 1.77. The van der Waals surface area contributed by atoms with Gasteiger partial charge in [0.05, 0.1) is 6.61 Å². The van der Waals surface area contributed by atoms with Crippen LogP contribution in [-0.4, -0.2) is 25.8 Å². The van der Waals surface area contributed by atoms with Gasteiger partial charge in [0, 0.05) is 13.7 Å². The zero-order chi connectivity index (χ0) is 13.4. The highest BCUT2D eigenvalue weighted by molar-refractivity contribution is 5.28. The first-order chi connectivity index (χ1) is 8.63. The molecule has 3 nitrogen and oxygen atoms in total. The smallest absolute Gasteiger partial charge is 0.120 e. The number of hydrogen-bond acceptors (Lipinski definition) is 3. The second-order valence-corrected chi connectivity index (χ2v) is 4.77. The van der Waals surface area contributed by atoms with Crippen molar-refractivity contribution < 1.29 is 9.47 Å². The number of nitrogens with one attached hydrogen (secondary N) is 1. The highest BCUT2D eigenvalue weighted by Crippen LogP contribution is 2.22. The molecule has 0 aliphatic carbocycles. The quantitative estimate of drug-likeness (QED) is 0.770. The Balaban J connectivity index is 2.71. The Morgan fingerprint density at radius 2 is 2.06 bits per heavy atom. The Kier molecular flexibility index (Phi) is 6.16. The normalized spacial score (nSPS) is 14.2. The van der Waals surface area contributed by atoms with E-state index in [-0.39, 0.29) is 5.60 Å². The van der Waals surface area contributed by atoms with E-state index in [1.165, 1.54) is 0 Å². The number of benzene rings is 1. The average Bonchev–Trinajstić information content (AvgIpc) is 2.37. The average molecular weight is 251 g/mol. The van der Waals surface area contributed by atoms with Gasteiger partial charge in [-0.05, 0) is 37.6 Å². The van der Waals surface area contributed by atoms with Crippen molar-refractivity contribution in [2.75, 3.05) is 20.2 Å². The van der Waals surface area contributed by atoms with Crippen LogP contribution in [0.4, 0.5) is 0 Å². The van der Waals surface area contributed by atoms with Crippen LogP contribution in [0.25, 0.3) is 0 Å². The van der Waals surface area contributed by atoms with Crippen LogP contribution in [0.1, 0.15) is 32.8 Å². The molecule has 0 saturated heterocycles. The highest BCUT2D eigenvalue weighted by Gasteiger charge is 2.23. The molecule has 0 aromatic heterocycles. The maximum Gasteiger partial charge on any atom is 0.120 e. The molecule has 1 rings (SSSR count). The number of likely N-dealkylation sites (N-methyl/N-ethyl adjacent to an activating group) is 1. The fraction of sp³-hybridized carbons (Fsp3) is 0.600. The minimum Gasteiger partial charge on any atom is -0.486 e. The molecule has 1 aromatic carbocycles. The standard InChI is InChI=1S/C15H25NO2/c1-5-15(3,12-16-6-2)18-14-9-7-8-13(10-14)11-17-4/h7-10,16H,5-6,11-12H2,1-4H3. The lowest BCUT2D eigenvalue weighted by atomic mass is 10.0. The summed E-state index contributed by atoms with van der Waals surface area (Å²) in [4.78, 5) is 0. The van der Waals surface area contributed by atoms with Crippen LogP contribution in [0.2, 0.25) is 0 Å². The largest absolute Gasteiger partial charge is 0.486 e. The molecule has 0 aliphatic heterocycles. The SMILES string of the molecule is CCNCC(C)(CC)Oc1cccc(COC)c1. The van der Waals surface area contributed by atoms with Crippen molar-refractivity contribution in [1.29, 1.82) is 0 Å². The van der Waals surface area contributed by atoms with Crippen molar-refractivity contribution in [3.63, 3.8) is 0 Å². The van der Waals surface area contributed by atoms with Gasteiger partial charge >= 0.3 is 0 Å². The van der Waals surface area contributed by atoms with Crippen molar-refractivity contribution in [3.05, 3.63) is 29.8 Å². The molecule has 0 radical (unpaired) electrons. The summed E-state index contributed by atoms with van der Waals surface area (Å²) in [5.74, 6) is 0.909. The molecular formula is C15H25NO2. The number of rotatable bonds is 8. The summed E-state index contributed by atoms with van der Waals surface area (Å²) in [6.45, 7) is 8.83. The van der Waals surface area contributed by atoms with Gasteiger partial charge in [-0.15, -0.1) is 0 Å². The van der Waals surface area contributed by atoms with Crippen LogP contribution in [0, 0.1) is 0 Å². The van der Waals surface area contributed by atoms with E-state index in [4.69, 9.17) is 9.47 Å². The van der Waals surface area contributed by atoms with Crippen molar-refractivity contribution in [2.24, 2.45) is 0 Å². The van der Waals surface area contributed by atoms with Crippen molar-refractivity contribution in [3.8, 4) is 5.75 Å². The van der Waals surface area contributed by atoms with Crippen molar-refractivity contribution in [1.82, 2.24) is 5.32 Å². The maximum absolute atomic E-state index is 6.12. The van der Waals surface area contributed by atoms with Gasteiger partial charge in [-0.25, -0.2) is 0 Å². The molecule has 3 heteroatoms. The second kappa shape index (κ2) is 7.39. The Morgan fingerprint density at radius 1 is 1.28 bits per heavy atom. The second-order valence-electron chi connectivity index (χ2n) is 4.77. The van der Waals surface area contributed by atoms with E-state index >= 15 is 0 Å². The topological polar surface area (TPSA) is 30.5 Å². The highest BCUT2D eigenvalue weighted by atomic mass is 16.5. The van der Waals surface area contributed by atoms with Crippen LogP contribution >= 0.6 is 0 Å². The molecule has 1 aromatic rings. The number of ether oxygens (including phenoxy) is 2. The van der Waals surface area contributed by atoms with Crippen LogP contribution < -0.4 is 10.1 Å². The van der Waals surface area contributed by atoms with Gasteiger partial charge in [-0.1, -0.05) is 26.0 Å². The molecule has 102 valence electrons. The summed E-state index contributed by atoms with van der Waals surface area (Å²) in [6.07, 6.45) is 0.967. The van der Waals surface area contributed by atoms with Crippen molar-refractivity contribution in [2.45, 2.75) is 39.4 Å². The molecule has 0 fully saturated rings. The zero-order valence-corrected chi connectivity index (χ0v) is 12.0. The van der Waals surface area contributed by atoms with Crippen molar-refractivity contribution >= 4 is 0 Å². The molecule has 0 bridgehead atoms. The molecule has 0 heterocycles. The third kappa shape index (κ3) is 4.67. The molecule has 1 N–H and O–H groups in total. The van der Waals surface area contributed by atoms with E-state index in [1.54, 1.807) is 7.11 Å². The molecule has 0 spiro atoms. The Morgan fingerprint density at radius 3 is 2.67 bits per heavy atom. The van der Waals surface area contributed by atoms with Crippen LogP contribution in [0.5, 0.6) is 5.75 Å². The maximum atomic E-state index is 6.12. The molecule has 18 heavy (non-hydrogen) atoms. The predicted octanol–water partition coefficient (Wildman–Crippen LogP) is 2.99. The van der Waals surface area contributed by atoms with Gasteiger partial charge in [-0.3, -0.25) is 0 Å².